The highest BCUT2D eigenvalue weighted by molar-refractivity contribution is 5.85. The predicted octanol–water partition coefficient (Wildman–Crippen LogP) is 1.31. The summed E-state index contributed by atoms with van der Waals surface area (Å²) in [7, 11) is 0. The highest BCUT2D eigenvalue weighted by Gasteiger charge is 2.19. The molecule has 1 aromatic rings. The van der Waals surface area contributed by atoms with Crippen LogP contribution in [0.5, 0.6) is 0 Å². The quantitative estimate of drug-likeness (QED) is 0.608. The summed E-state index contributed by atoms with van der Waals surface area (Å²) < 4.78 is 0. The Labute approximate surface area is 105 Å². The molecule has 0 radical (unpaired) electrons. The number of nitro groups is 1. The van der Waals surface area contributed by atoms with Crippen LogP contribution in [0.25, 0.3) is 0 Å². The van der Waals surface area contributed by atoms with Crippen LogP contribution in [0, 0.1) is 10.1 Å². The Morgan fingerprint density at radius 2 is 2.11 bits per heavy atom. The molecular formula is C11H16N4O3. The largest absolute Gasteiger partial charge is 0.368 e. The first kappa shape index (κ1) is 13.9. The molecule has 1 unspecified atom stereocenters. The maximum atomic E-state index is 11.7. The highest BCUT2D eigenvalue weighted by Crippen LogP contribution is 2.22. The second-order valence-corrected chi connectivity index (χ2v) is 4.18. The van der Waals surface area contributed by atoms with Gasteiger partial charge in [-0.3, -0.25) is 19.9 Å². The summed E-state index contributed by atoms with van der Waals surface area (Å²) in [6, 6.07) is 0.930. The van der Waals surface area contributed by atoms with Crippen LogP contribution in [0.3, 0.4) is 0 Å². The average molecular weight is 252 g/mol. The molecule has 0 bridgehead atoms. The minimum Gasteiger partial charge on any atom is -0.368 e. The van der Waals surface area contributed by atoms with E-state index in [1.54, 1.807) is 6.92 Å². The van der Waals surface area contributed by atoms with E-state index >= 15 is 0 Å². The van der Waals surface area contributed by atoms with Crippen LogP contribution in [0.15, 0.2) is 18.5 Å². The van der Waals surface area contributed by atoms with Gasteiger partial charge in [-0.25, -0.2) is 0 Å². The van der Waals surface area contributed by atoms with Crippen molar-refractivity contribution in [3.8, 4) is 0 Å². The fraction of sp³-hybridized carbons (Fsp3) is 0.455. The smallest absolute Gasteiger partial charge is 0.310 e. The molecule has 0 saturated carbocycles. The first-order valence-corrected chi connectivity index (χ1v) is 5.57. The number of hydrogen-bond acceptors (Lipinski definition) is 5. The third-order valence-corrected chi connectivity index (χ3v) is 2.19. The van der Waals surface area contributed by atoms with Gasteiger partial charge in [-0.15, -0.1) is 0 Å². The number of amides is 1. The molecule has 18 heavy (non-hydrogen) atoms. The summed E-state index contributed by atoms with van der Waals surface area (Å²) in [6.45, 7) is 5.33. The second kappa shape index (κ2) is 5.95. The van der Waals surface area contributed by atoms with Crippen molar-refractivity contribution in [1.29, 1.82) is 0 Å². The lowest BCUT2D eigenvalue weighted by Crippen LogP contribution is -2.41. The number of nitrogens with zero attached hydrogens (tertiary/aromatic N) is 2. The zero-order valence-corrected chi connectivity index (χ0v) is 10.5. The van der Waals surface area contributed by atoms with Gasteiger partial charge in [-0.2, -0.15) is 0 Å². The third-order valence-electron chi connectivity index (χ3n) is 2.19. The lowest BCUT2D eigenvalue weighted by molar-refractivity contribution is -0.384. The van der Waals surface area contributed by atoms with Crippen molar-refractivity contribution in [2.24, 2.45) is 0 Å². The molecular weight excluding hydrogens is 236 g/mol. The summed E-state index contributed by atoms with van der Waals surface area (Å²) in [4.78, 5) is 25.6. The van der Waals surface area contributed by atoms with Crippen LogP contribution in [0.1, 0.15) is 20.8 Å². The van der Waals surface area contributed by atoms with Crippen molar-refractivity contribution in [3.05, 3.63) is 28.6 Å². The monoisotopic (exact) mass is 252 g/mol. The van der Waals surface area contributed by atoms with Crippen molar-refractivity contribution in [2.75, 3.05) is 5.32 Å². The summed E-state index contributed by atoms with van der Waals surface area (Å²) in [6.07, 6.45) is 2.58. The topological polar surface area (TPSA) is 97.2 Å². The number of aromatic nitrogens is 1. The van der Waals surface area contributed by atoms with Crippen LogP contribution in [-0.4, -0.2) is 27.9 Å². The van der Waals surface area contributed by atoms with E-state index in [-0.39, 0.29) is 23.3 Å². The van der Waals surface area contributed by atoms with E-state index < -0.39 is 11.0 Å². The number of rotatable bonds is 5. The first-order valence-electron chi connectivity index (χ1n) is 5.57. The summed E-state index contributed by atoms with van der Waals surface area (Å²) in [5.74, 6) is -0.212. The van der Waals surface area contributed by atoms with E-state index in [0.717, 1.165) is 6.20 Å². The predicted molar refractivity (Wildman–Crippen MR) is 67.3 cm³/mol. The number of carbonyl (C=O) groups excluding carboxylic acids is 1. The molecule has 1 atom stereocenters. The Balaban J connectivity index is 2.78. The average Bonchev–Trinajstić information content (AvgIpc) is 2.28. The van der Waals surface area contributed by atoms with Crippen molar-refractivity contribution in [1.82, 2.24) is 10.3 Å². The Hall–Kier alpha value is -2.18. The minimum atomic E-state index is -0.562. The highest BCUT2D eigenvalue weighted by atomic mass is 16.6. The molecule has 0 aliphatic heterocycles. The van der Waals surface area contributed by atoms with Gasteiger partial charge in [0.1, 0.15) is 17.9 Å². The van der Waals surface area contributed by atoms with Crippen LogP contribution in [0.2, 0.25) is 0 Å². The van der Waals surface area contributed by atoms with Gasteiger partial charge in [0.25, 0.3) is 0 Å². The summed E-state index contributed by atoms with van der Waals surface area (Å²) in [5.41, 5.74) is 0.128. The van der Waals surface area contributed by atoms with E-state index in [1.807, 2.05) is 13.8 Å². The van der Waals surface area contributed by atoms with Gasteiger partial charge in [0.05, 0.1) is 4.92 Å². The normalized spacial score (nSPS) is 12.0. The summed E-state index contributed by atoms with van der Waals surface area (Å²) in [5, 5.41) is 16.3. The molecule has 1 rings (SSSR count). The van der Waals surface area contributed by atoms with Crippen LogP contribution in [0.4, 0.5) is 11.4 Å². The van der Waals surface area contributed by atoms with Gasteiger partial charge in [0, 0.05) is 12.2 Å². The zero-order valence-electron chi connectivity index (χ0n) is 10.5. The van der Waals surface area contributed by atoms with Gasteiger partial charge >= 0.3 is 5.69 Å². The number of hydrogen-bond donors (Lipinski definition) is 2. The van der Waals surface area contributed by atoms with Gasteiger partial charge in [0.15, 0.2) is 0 Å². The molecule has 7 heteroatoms. The zero-order chi connectivity index (χ0) is 13.7. The number of anilines is 1. The van der Waals surface area contributed by atoms with Gasteiger partial charge in [-0.05, 0) is 26.8 Å². The molecule has 1 amide bonds. The molecule has 1 heterocycles. The van der Waals surface area contributed by atoms with Gasteiger partial charge in [-0.1, -0.05) is 0 Å². The van der Waals surface area contributed by atoms with E-state index in [4.69, 9.17) is 0 Å². The number of nitrogens with one attached hydrogen (secondary N) is 2. The number of carbonyl (C=O) groups is 1. The van der Waals surface area contributed by atoms with Crippen molar-refractivity contribution < 1.29 is 9.72 Å². The molecule has 2 N–H and O–H groups in total. The number of pyridine rings is 1. The molecule has 0 saturated heterocycles. The standard InChI is InChI=1S/C11H16N4O3/c1-7(2)13-11(16)8(3)14-9-4-5-12-6-10(9)15(17)18/h4-8H,1-3H3,(H,12,14)(H,13,16). The fourth-order valence-electron chi connectivity index (χ4n) is 1.36. The van der Waals surface area contributed by atoms with Crippen molar-refractivity contribution in [2.45, 2.75) is 32.9 Å². The molecule has 0 fully saturated rings. The molecule has 0 aliphatic carbocycles. The lowest BCUT2D eigenvalue weighted by Gasteiger charge is -2.16. The second-order valence-electron chi connectivity index (χ2n) is 4.18. The molecule has 0 aromatic carbocycles. The maximum absolute atomic E-state index is 11.7. The Morgan fingerprint density at radius 1 is 1.44 bits per heavy atom. The molecule has 0 spiro atoms. The molecule has 0 aliphatic rings. The minimum absolute atomic E-state index is 0.0224. The fourth-order valence-corrected chi connectivity index (χ4v) is 1.36. The van der Waals surface area contributed by atoms with Crippen molar-refractivity contribution in [3.63, 3.8) is 0 Å². The Kier molecular flexibility index (Phi) is 4.59. The van der Waals surface area contributed by atoms with Gasteiger partial charge < -0.3 is 10.6 Å². The van der Waals surface area contributed by atoms with E-state index in [1.165, 1.54) is 12.3 Å². The van der Waals surface area contributed by atoms with E-state index in [2.05, 4.69) is 15.6 Å². The molecule has 98 valence electrons. The maximum Gasteiger partial charge on any atom is 0.310 e. The van der Waals surface area contributed by atoms with Crippen LogP contribution in [-0.2, 0) is 4.79 Å². The first-order chi connectivity index (χ1) is 8.41. The Morgan fingerprint density at radius 3 is 2.67 bits per heavy atom. The molecule has 1 aromatic heterocycles. The van der Waals surface area contributed by atoms with Crippen LogP contribution >= 0.6 is 0 Å². The lowest BCUT2D eigenvalue weighted by atomic mass is 10.2. The van der Waals surface area contributed by atoms with Gasteiger partial charge in [0.2, 0.25) is 5.91 Å². The van der Waals surface area contributed by atoms with Crippen molar-refractivity contribution >= 4 is 17.3 Å². The Bertz CT molecular complexity index is 448. The van der Waals surface area contributed by atoms with E-state index in [0.29, 0.717) is 0 Å². The van der Waals surface area contributed by atoms with E-state index in [9.17, 15) is 14.9 Å². The molecule has 7 nitrogen and oxygen atoms in total. The van der Waals surface area contributed by atoms with Crippen LogP contribution < -0.4 is 10.6 Å². The third kappa shape index (κ3) is 3.69. The SMILES string of the molecule is CC(C)NC(=O)C(C)Nc1ccncc1[N+](=O)[O-]. The summed E-state index contributed by atoms with van der Waals surface area (Å²) >= 11 is 0.